The van der Waals surface area contributed by atoms with Crippen LogP contribution in [-0.2, 0) is 9.84 Å². The first-order valence-electron chi connectivity index (χ1n) is 5.56. The number of aromatic nitrogens is 1. The van der Waals surface area contributed by atoms with Crippen LogP contribution in [0.1, 0.15) is 0 Å². The van der Waals surface area contributed by atoms with Crippen LogP contribution in [0.2, 0.25) is 0 Å². The number of benzene rings is 2. The van der Waals surface area contributed by atoms with Crippen LogP contribution >= 0.6 is 0 Å². The number of fused-ring (bicyclic) bond motifs is 1. The lowest BCUT2D eigenvalue weighted by Gasteiger charge is -2.05. The smallest absolute Gasteiger partial charge is 0.208 e. The molecule has 0 aliphatic carbocycles. The Bertz CT molecular complexity index is 789. The Morgan fingerprint density at radius 2 is 1.61 bits per heavy atom. The van der Waals surface area contributed by atoms with E-state index >= 15 is 0 Å². The second-order valence-electron chi connectivity index (χ2n) is 4.01. The van der Waals surface area contributed by atoms with Crippen molar-refractivity contribution in [1.82, 2.24) is 4.98 Å². The van der Waals surface area contributed by atoms with Crippen LogP contribution in [0.3, 0.4) is 0 Å². The molecule has 0 aliphatic rings. The maximum absolute atomic E-state index is 12.5. The summed E-state index contributed by atoms with van der Waals surface area (Å²) in [6.45, 7) is 0. The third-order valence-corrected chi connectivity index (χ3v) is 4.70. The van der Waals surface area contributed by atoms with E-state index in [4.69, 9.17) is 0 Å². The summed E-state index contributed by atoms with van der Waals surface area (Å²) in [5, 5.41) is 0.895. The lowest BCUT2D eigenvalue weighted by atomic mass is 10.2. The van der Waals surface area contributed by atoms with Gasteiger partial charge in [0.05, 0.1) is 15.3 Å². The zero-order chi connectivity index (χ0) is 12.6. The quantitative estimate of drug-likeness (QED) is 0.767. The predicted molar refractivity (Wildman–Crippen MR) is 70.2 cm³/mol. The van der Waals surface area contributed by atoms with Crippen molar-refractivity contribution in [1.29, 1.82) is 0 Å². The fourth-order valence-corrected chi connectivity index (χ4v) is 3.48. The largest absolute Gasteiger partial charge is 0.360 e. The Kier molecular flexibility index (Phi) is 2.45. The van der Waals surface area contributed by atoms with Crippen molar-refractivity contribution in [3.63, 3.8) is 0 Å². The average molecular weight is 257 g/mol. The second kappa shape index (κ2) is 3.99. The van der Waals surface area contributed by atoms with E-state index < -0.39 is 9.84 Å². The van der Waals surface area contributed by atoms with Crippen LogP contribution in [0.15, 0.2) is 70.6 Å². The molecule has 4 heteroatoms. The van der Waals surface area contributed by atoms with Crippen molar-refractivity contribution in [2.75, 3.05) is 0 Å². The van der Waals surface area contributed by atoms with E-state index in [1.165, 1.54) is 0 Å². The molecule has 0 unspecified atom stereocenters. The molecule has 0 amide bonds. The van der Waals surface area contributed by atoms with E-state index in [1.54, 1.807) is 48.7 Å². The second-order valence-corrected chi connectivity index (χ2v) is 5.93. The lowest BCUT2D eigenvalue weighted by molar-refractivity contribution is 0.597. The van der Waals surface area contributed by atoms with Gasteiger partial charge in [-0.3, -0.25) is 0 Å². The summed E-state index contributed by atoms with van der Waals surface area (Å²) in [4.78, 5) is 3.61. The standard InChI is InChI=1S/C14H11NO2S/c16-18(17,12-6-2-1-3-7-12)13-8-4-5-11-9-10-15-14(11)13/h1-10,15H. The summed E-state index contributed by atoms with van der Waals surface area (Å²) in [7, 11) is -3.47. The molecule has 3 rings (SSSR count). The third-order valence-electron chi connectivity index (χ3n) is 2.89. The number of para-hydroxylation sites is 1. The van der Waals surface area contributed by atoms with Gasteiger partial charge in [-0.05, 0) is 24.3 Å². The molecule has 0 fully saturated rings. The highest BCUT2D eigenvalue weighted by molar-refractivity contribution is 7.91. The average Bonchev–Trinajstić information content (AvgIpc) is 2.87. The van der Waals surface area contributed by atoms with Gasteiger partial charge in [-0.25, -0.2) is 8.42 Å². The van der Waals surface area contributed by atoms with Crippen molar-refractivity contribution in [3.8, 4) is 0 Å². The van der Waals surface area contributed by atoms with E-state index in [9.17, 15) is 8.42 Å². The van der Waals surface area contributed by atoms with Gasteiger partial charge in [0.1, 0.15) is 0 Å². The molecule has 18 heavy (non-hydrogen) atoms. The minimum absolute atomic E-state index is 0.312. The van der Waals surface area contributed by atoms with E-state index in [1.807, 2.05) is 12.1 Å². The number of hydrogen-bond donors (Lipinski definition) is 1. The van der Waals surface area contributed by atoms with Crippen molar-refractivity contribution >= 4 is 20.7 Å². The monoisotopic (exact) mass is 257 g/mol. The van der Waals surface area contributed by atoms with Gasteiger partial charge in [0.25, 0.3) is 0 Å². The van der Waals surface area contributed by atoms with Crippen LogP contribution in [-0.4, -0.2) is 13.4 Å². The van der Waals surface area contributed by atoms with Gasteiger partial charge in [0.2, 0.25) is 9.84 Å². The SMILES string of the molecule is O=S(=O)(c1ccccc1)c1cccc2cc[nH]c12. The first-order chi connectivity index (χ1) is 8.69. The van der Waals surface area contributed by atoms with Crippen molar-refractivity contribution in [2.45, 2.75) is 9.79 Å². The summed E-state index contributed by atoms with van der Waals surface area (Å²) in [5.74, 6) is 0. The van der Waals surface area contributed by atoms with Crippen LogP contribution in [0.5, 0.6) is 0 Å². The lowest BCUT2D eigenvalue weighted by Crippen LogP contribution is -2.02. The summed E-state index contributed by atoms with van der Waals surface area (Å²) >= 11 is 0. The molecule has 3 aromatic rings. The fraction of sp³-hybridized carbons (Fsp3) is 0. The maximum atomic E-state index is 12.5. The molecular formula is C14H11NO2S. The molecular weight excluding hydrogens is 246 g/mol. The Morgan fingerprint density at radius 3 is 2.39 bits per heavy atom. The highest BCUT2D eigenvalue weighted by Gasteiger charge is 2.20. The fourth-order valence-electron chi connectivity index (χ4n) is 2.01. The summed E-state index contributed by atoms with van der Waals surface area (Å²) in [6, 6.07) is 15.6. The van der Waals surface area contributed by atoms with Crippen molar-refractivity contribution in [3.05, 3.63) is 60.8 Å². The molecule has 0 radical (unpaired) electrons. The molecule has 1 N–H and O–H groups in total. The van der Waals surface area contributed by atoms with Gasteiger partial charge in [0.15, 0.2) is 0 Å². The molecule has 3 nitrogen and oxygen atoms in total. The Hall–Kier alpha value is -2.07. The Morgan fingerprint density at radius 1 is 0.833 bits per heavy atom. The Balaban J connectivity index is 2.30. The molecule has 1 aromatic heterocycles. The summed E-state index contributed by atoms with van der Waals surface area (Å²) in [6.07, 6.45) is 1.74. The zero-order valence-electron chi connectivity index (χ0n) is 9.50. The number of nitrogens with one attached hydrogen (secondary N) is 1. The van der Waals surface area contributed by atoms with Gasteiger partial charge in [-0.1, -0.05) is 30.3 Å². The van der Waals surface area contributed by atoms with Gasteiger partial charge < -0.3 is 4.98 Å². The Labute approximate surface area is 105 Å². The highest BCUT2D eigenvalue weighted by atomic mass is 32.2. The van der Waals surface area contributed by atoms with Crippen LogP contribution in [0, 0.1) is 0 Å². The van der Waals surface area contributed by atoms with Gasteiger partial charge in [-0.2, -0.15) is 0 Å². The summed E-state index contributed by atoms with van der Waals surface area (Å²) < 4.78 is 25.1. The molecule has 90 valence electrons. The van der Waals surface area contributed by atoms with E-state index in [0.717, 1.165) is 5.39 Å². The van der Waals surface area contributed by atoms with Crippen LogP contribution in [0.25, 0.3) is 10.9 Å². The first-order valence-corrected chi connectivity index (χ1v) is 7.04. The van der Waals surface area contributed by atoms with Crippen LogP contribution in [0.4, 0.5) is 0 Å². The first kappa shape index (κ1) is 11.0. The number of hydrogen-bond acceptors (Lipinski definition) is 2. The number of H-pyrrole nitrogens is 1. The number of sulfone groups is 1. The van der Waals surface area contributed by atoms with Crippen molar-refractivity contribution < 1.29 is 8.42 Å². The number of rotatable bonds is 2. The molecule has 0 saturated carbocycles. The van der Waals surface area contributed by atoms with E-state index in [-0.39, 0.29) is 0 Å². The van der Waals surface area contributed by atoms with Crippen molar-refractivity contribution in [2.24, 2.45) is 0 Å². The molecule has 0 atom stereocenters. The zero-order valence-corrected chi connectivity index (χ0v) is 10.3. The minimum atomic E-state index is -3.47. The molecule has 0 spiro atoms. The molecule has 0 aliphatic heterocycles. The molecule has 1 heterocycles. The van der Waals surface area contributed by atoms with E-state index in [2.05, 4.69) is 4.98 Å². The maximum Gasteiger partial charge on any atom is 0.208 e. The predicted octanol–water partition coefficient (Wildman–Crippen LogP) is 3.00. The minimum Gasteiger partial charge on any atom is -0.360 e. The van der Waals surface area contributed by atoms with E-state index in [0.29, 0.717) is 15.3 Å². The molecule has 0 bridgehead atoms. The topological polar surface area (TPSA) is 49.9 Å². The normalized spacial score (nSPS) is 11.8. The van der Waals surface area contributed by atoms with Crippen LogP contribution < -0.4 is 0 Å². The highest BCUT2D eigenvalue weighted by Crippen LogP contribution is 2.26. The van der Waals surface area contributed by atoms with Gasteiger partial charge >= 0.3 is 0 Å². The third kappa shape index (κ3) is 1.62. The van der Waals surface area contributed by atoms with Gasteiger partial charge in [-0.15, -0.1) is 0 Å². The van der Waals surface area contributed by atoms with Gasteiger partial charge in [0, 0.05) is 11.6 Å². The molecule has 2 aromatic carbocycles. The summed E-state index contributed by atoms with van der Waals surface area (Å²) in [5.41, 5.74) is 0.654. The number of aromatic amines is 1. The molecule has 0 saturated heterocycles.